The molecule has 1 aliphatic rings. The Morgan fingerprint density at radius 2 is 2.29 bits per heavy atom. The molecule has 0 radical (unpaired) electrons. The maximum absolute atomic E-state index is 12.9. The minimum Gasteiger partial charge on any atom is -0.326 e. The molecule has 0 fully saturated rings. The summed E-state index contributed by atoms with van der Waals surface area (Å²) in [5.74, 6) is 0. The molecular weight excluding hydrogens is 392 g/mol. The van der Waals surface area contributed by atoms with Crippen LogP contribution in [-0.2, 0) is 23.0 Å². The Kier molecular flexibility index (Phi) is 4.28. The second kappa shape index (κ2) is 5.75. The van der Waals surface area contributed by atoms with E-state index in [9.17, 15) is 8.42 Å². The number of halogens is 1. The van der Waals surface area contributed by atoms with Crippen LogP contribution >= 0.6 is 38.6 Å². The van der Waals surface area contributed by atoms with Gasteiger partial charge in [-0.25, -0.2) is 8.42 Å². The zero-order chi connectivity index (χ0) is 15.2. The summed E-state index contributed by atoms with van der Waals surface area (Å²) < 4.78 is 28.1. The van der Waals surface area contributed by atoms with Crippen LogP contribution in [-0.4, -0.2) is 19.3 Å². The number of thiophene rings is 2. The van der Waals surface area contributed by atoms with Gasteiger partial charge in [0.15, 0.2) is 0 Å². The van der Waals surface area contributed by atoms with Gasteiger partial charge in [-0.05, 0) is 52.4 Å². The fourth-order valence-electron chi connectivity index (χ4n) is 2.62. The van der Waals surface area contributed by atoms with Gasteiger partial charge in [0.1, 0.15) is 4.90 Å². The number of hydrogen-bond donors (Lipinski definition) is 1. The van der Waals surface area contributed by atoms with Gasteiger partial charge in [0.2, 0.25) is 10.0 Å². The van der Waals surface area contributed by atoms with Gasteiger partial charge in [0.25, 0.3) is 0 Å². The molecule has 4 nitrogen and oxygen atoms in total. The average molecular weight is 407 g/mol. The van der Waals surface area contributed by atoms with Crippen LogP contribution in [0.25, 0.3) is 0 Å². The van der Waals surface area contributed by atoms with E-state index >= 15 is 0 Å². The van der Waals surface area contributed by atoms with Gasteiger partial charge >= 0.3 is 0 Å². The first-order valence-corrected chi connectivity index (χ1v) is 10.4. The molecule has 3 heterocycles. The first-order valence-electron chi connectivity index (χ1n) is 6.51. The van der Waals surface area contributed by atoms with Crippen LogP contribution in [0.1, 0.15) is 28.3 Å². The van der Waals surface area contributed by atoms with Crippen LogP contribution in [0.3, 0.4) is 0 Å². The minimum absolute atomic E-state index is 0.127. The summed E-state index contributed by atoms with van der Waals surface area (Å²) in [6.07, 6.45) is 0.780. The van der Waals surface area contributed by atoms with Crippen molar-refractivity contribution < 1.29 is 8.42 Å². The van der Waals surface area contributed by atoms with Crippen molar-refractivity contribution in [1.82, 2.24) is 4.31 Å². The molecule has 0 bridgehead atoms. The zero-order valence-corrected chi connectivity index (χ0v) is 15.4. The highest BCUT2D eigenvalue weighted by Crippen LogP contribution is 2.39. The van der Waals surface area contributed by atoms with E-state index in [1.807, 2.05) is 18.4 Å². The lowest BCUT2D eigenvalue weighted by molar-refractivity contribution is 0.329. The smallest absolute Gasteiger partial charge is 0.245 e. The highest BCUT2D eigenvalue weighted by molar-refractivity contribution is 9.11. The molecule has 114 valence electrons. The van der Waals surface area contributed by atoms with Crippen LogP contribution in [0.4, 0.5) is 0 Å². The molecule has 0 amide bonds. The molecule has 2 aromatic heterocycles. The summed E-state index contributed by atoms with van der Waals surface area (Å²) >= 11 is 6.45. The normalized spacial score (nSPS) is 19.7. The van der Waals surface area contributed by atoms with E-state index in [1.54, 1.807) is 21.7 Å². The Bertz CT molecular complexity index is 766. The summed E-state index contributed by atoms with van der Waals surface area (Å²) in [6, 6.07) is 3.58. The summed E-state index contributed by atoms with van der Waals surface area (Å²) in [5.41, 5.74) is 6.74. The zero-order valence-electron chi connectivity index (χ0n) is 11.4. The third-order valence-electron chi connectivity index (χ3n) is 3.72. The lowest BCUT2D eigenvalue weighted by Crippen LogP contribution is -2.38. The van der Waals surface area contributed by atoms with Crippen LogP contribution in [0.5, 0.6) is 0 Å². The quantitative estimate of drug-likeness (QED) is 0.849. The van der Waals surface area contributed by atoms with Gasteiger partial charge in [0, 0.05) is 28.9 Å². The van der Waals surface area contributed by atoms with Crippen molar-refractivity contribution in [2.45, 2.75) is 30.8 Å². The molecule has 1 unspecified atom stereocenters. The van der Waals surface area contributed by atoms with Gasteiger partial charge in [-0.1, -0.05) is 0 Å². The molecule has 1 atom stereocenters. The van der Waals surface area contributed by atoms with Crippen molar-refractivity contribution in [1.29, 1.82) is 0 Å². The van der Waals surface area contributed by atoms with Crippen LogP contribution in [0, 0.1) is 0 Å². The van der Waals surface area contributed by atoms with Crippen LogP contribution in [0.2, 0.25) is 0 Å². The Labute approximate surface area is 140 Å². The Hall–Kier alpha value is -0.250. The van der Waals surface area contributed by atoms with E-state index in [0.29, 0.717) is 21.8 Å². The highest BCUT2D eigenvalue weighted by Gasteiger charge is 2.36. The SMILES string of the molecule is CC1c2ccsc2CCN1S(=O)(=O)c1cc(CN)sc1Br. The van der Waals surface area contributed by atoms with Crippen molar-refractivity contribution in [2.24, 2.45) is 5.73 Å². The Balaban J connectivity index is 2.01. The molecule has 8 heteroatoms. The van der Waals surface area contributed by atoms with Crippen molar-refractivity contribution in [2.75, 3.05) is 6.54 Å². The molecular formula is C13H15BrN2O2S3. The number of fused-ring (bicyclic) bond motifs is 1. The minimum atomic E-state index is -3.51. The molecule has 2 aromatic rings. The third kappa shape index (κ3) is 2.62. The van der Waals surface area contributed by atoms with Gasteiger partial charge in [-0.3, -0.25) is 0 Å². The fourth-order valence-corrected chi connectivity index (χ4v) is 7.70. The summed E-state index contributed by atoms with van der Waals surface area (Å²) in [4.78, 5) is 2.49. The van der Waals surface area contributed by atoms with Crippen molar-refractivity contribution in [3.8, 4) is 0 Å². The maximum atomic E-state index is 12.9. The molecule has 0 spiro atoms. The van der Waals surface area contributed by atoms with Gasteiger partial charge in [-0.15, -0.1) is 22.7 Å². The summed E-state index contributed by atoms with van der Waals surface area (Å²) in [7, 11) is -3.51. The Morgan fingerprint density at radius 3 is 2.95 bits per heavy atom. The number of nitrogens with two attached hydrogens (primary N) is 1. The topological polar surface area (TPSA) is 63.4 Å². The van der Waals surface area contributed by atoms with Gasteiger partial charge in [-0.2, -0.15) is 4.31 Å². The predicted molar refractivity (Wildman–Crippen MR) is 90.2 cm³/mol. The first kappa shape index (κ1) is 15.6. The summed E-state index contributed by atoms with van der Waals surface area (Å²) in [6.45, 7) is 2.83. The molecule has 2 N–H and O–H groups in total. The maximum Gasteiger partial charge on any atom is 0.245 e. The first-order chi connectivity index (χ1) is 9.95. The van der Waals surface area contributed by atoms with E-state index in [-0.39, 0.29) is 6.04 Å². The van der Waals surface area contributed by atoms with E-state index in [1.165, 1.54) is 16.2 Å². The van der Waals surface area contributed by atoms with Crippen molar-refractivity contribution in [3.63, 3.8) is 0 Å². The van der Waals surface area contributed by atoms with Gasteiger partial charge in [0.05, 0.1) is 3.79 Å². The summed E-state index contributed by atoms with van der Waals surface area (Å²) in [5, 5.41) is 2.03. The van der Waals surface area contributed by atoms with Crippen molar-refractivity contribution >= 4 is 48.6 Å². The number of rotatable bonds is 3. The molecule has 0 saturated heterocycles. The molecule has 21 heavy (non-hydrogen) atoms. The van der Waals surface area contributed by atoms with Gasteiger partial charge < -0.3 is 5.73 Å². The molecule has 0 aliphatic carbocycles. The Morgan fingerprint density at radius 1 is 1.52 bits per heavy atom. The van der Waals surface area contributed by atoms with Crippen LogP contribution < -0.4 is 5.73 Å². The van der Waals surface area contributed by atoms with E-state index in [4.69, 9.17) is 5.73 Å². The monoisotopic (exact) mass is 406 g/mol. The third-order valence-corrected chi connectivity index (χ3v) is 8.96. The largest absolute Gasteiger partial charge is 0.326 e. The average Bonchev–Trinajstić information content (AvgIpc) is 3.05. The molecule has 3 rings (SSSR count). The fraction of sp³-hybridized carbons (Fsp3) is 0.385. The number of nitrogens with zero attached hydrogens (tertiary/aromatic N) is 1. The van der Waals surface area contributed by atoms with E-state index in [2.05, 4.69) is 15.9 Å². The van der Waals surface area contributed by atoms with Crippen LogP contribution in [0.15, 0.2) is 26.2 Å². The molecule has 1 aliphatic heterocycles. The van der Waals surface area contributed by atoms with Crippen molar-refractivity contribution in [3.05, 3.63) is 36.6 Å². The predicted octanol–water partition coefficient (Wildman–Crippen LogP) is 3.34. The van der Waals surface area contributed by atoms with E-state index in [0.717, 1.165) is 16.9 Å². The number of sulfonamides is 1. The molecule has 0 aromatic carbocycles. The molecule has 0 saturated carbocycles. The second-order valence-electron chi connectivity index (χ2n) is 4.90. The lowest BCUT2D eigenvalue weighted by Gasteiger charge is -2.32. The van der Waals surface area contributed by atoms with E-state index < -0.39 is 10.0 Å². The highest BCUT2D eigenvalue weighted by atomic mass is 79.9. The number of hydrogen-bond acceptors (Lipinski definition) is 5. The standard InChI is InChI=1S/C13H15BrN2O2S3/c1-8-10-3-5-19-11(10)2-4-16(8)21(17,18)12-6-9(7-15)20-13(12)14/h3,5-6,8H,2,4,7,15H2,1H3. The second-order valence-corrected chi connectivity index (χ2v) is 10.2. The lowest BCUT2D eigenvalue weighted by atomic mass is 10.0.